The van der Waals surface area contributed by atoms with Gasteiger partial charge in [-0.05, 0) is 43.6 Å². The molecule has 22 heavy (non-hydrogen) atoms. The Balaban J connectivity index is 1.71. The molecule has 5 nitrogen and oxygen atoms in total. The Morgan fingerprint density at radius 3 is 2.45 bits per heavy atom. The van der Waals surface area contributed by atoms with Crippen molar-refractivity contribution in [2.45, 2.75) is 19.8 Å². The maximum Gasteiger partial charge on any atom is 0.260 e. The van der Waals surface area contributed by atoms with Gasteiger partial charge >= 0.3 is 0 Å². The fourth-order valence-corrected chi connectivity index (χ4v) is 2.59. The number of aryl methyl sites for hydroxylation is 1. The first-order valence-electron chi connectivity index (χ1n) is 8.15. The highest BCUT2D eigenvalue weighted by Gasteiger charge is 2.20. The van der Waals surface area contributed by atoms with Crippen LogP contribution >= 0.6 is 0 Å². The maximum atomic E-state index is 12.2. The van der Waals surface area contributed by atoms with E-state index in [0.717, 1.165) is 57.9 Å². The van der Waals surface area contributed by atoms with Gasteiger partial charge in [0.15, 0.2) is 6.61 Å². The molecule has 1 aliphatic rings. The Kier molecular flexibility index (Phi) is 6.68. The van der Waals surface area contributed by atoms with E-state index in [1.165, 1.54) is 5.56 Å². The SMILES string of the molecule is CCc1ccc(OCC(=O)N2CCN(CCCN)CC2)cc1. The maximum absolute atomic E-state index is 12.2. The molecule has 1 aliphatic heterocycles. The van der Waals surface area contributed by atoms with Crippen LogP contribution in [-0.4, -0.2) is 61.6 Å². The fourth-order valence-electron chi connectivity index (χ4n) is 2.59. The van der Waals surface area contributed by atoms with Crippen molar-refractivity contribution in [3.05, 3.63) is 29.8 Å². The van der Waals surface area contributed by atoms with E-state index in [9.17, 15) is 4.79 Å². The second-order valence-corrected chi connectivity index (χ2v) is 5.65. The molecular weight excluding hydrogens is 278 g/mol. The molecule has 5 heteroatoms. The lowest BCUT2D eigenvalue weighted by atomic mass is 10.2. The number of carbonyl (C=O) groups is 1. The number of amides is 1. The van der Waals surface area contributed by atoms with E-state index in [-0.39, 0.29) is 12.5 Å². The zero-order valence-electron chi connectivity index (χ0n) is 13.5. The van der Waals surface area contributed by atoms with E-state index in [4.69, 9.17) is 10.5 Å². The molecule has 1 heterocycles. The van der Waals surface area contributed by atoms with Crippen molar-refractivity contribution in [3.63, 3.8) is 0 Å². The molecule has 1 aromatic carbocycles. The average Bonchev–Trinajstić information content (AvgIpc) is 2.58. The van der Waals surface area contributed by atoms with Crippen molar-refractivity contribution >= 4 is 5.91 Å². The molecule has 122 valence electrons. The Labute approximate surface area is 133 Å². The molecular formula is C17H27N3O2. The first-order valence-corrected chi connectivity index (χ1v) is 8.15. The predicted octanol–water partition coefficient (Wildman–Crippen LogP) is 1.12. The summed E-state index contributed by atoms with van der Waals surface area (Å²) in [6.45, 7) is 7.40. The minimum Gasteiger partial charge on any atom is -0.484 e. The van der Waals surface area contributed by atoms with Crippen LogP contribution in [0.2, 0.25) is 0 Å². The summed E-state index contributed by atoms with van der Waals surface area (Å²) in [6.07, 6.45) is 2.03. The van der Waals surface area contributed by atoms with Crippen molar-refractivity contribution in [1.29, 1.82) is 0 Å². The third-order valence-electron chi connectivity index (χ3n) is 4.10. The first-order chi connectivity index (χ1) is 10.7. The Hall–Kier alpha value is -1.59. The molecule has 0 atom stereocenters. The quantitative estimate of drug-likeness (QED) is 0.820. The highest BCUT2D eigenvalue weighted by atomic mass is 16.5. The molecule has 0 spiro atoms. The van der Waals surface area contributed by atoms with Crippen LogP contribution < -0.4 is 10.5 Å². The van der Waals surface area contributed by atoms with Crippen LogP contribution in [0.1, 0.15) is 18.9 Å². The molecule has 2 rings (SSSR count). The summed E-state index contributed by atoms with van der Waals surface area (Å²) in [5, 5.41) is 0. The largest absolute Gasteiger partial charge is 0.484 e. The van der Waals surface area contributed by atoms with Gasteiger partial charge in [-0.15, -0.1) is 0 Å². The number of ether oxygens (including phenoxy) is 1. The van der Waals surface area contributed by atoms with Crippen LogP contribution in [0.25, 0.3) is 0 Å². The summed E-state index contributed by atoms with van der Waals surface area (Å²) >= 11 is 0. The van der Waals surface area contributed by atoms with E-state index in [0.29, 0.717) is 0 Å². The second kappa shape index (κ2) is 8.76. The molecule has 0 aliphatic carbocycles. The first kappa shape index (κ1) is 16.8. The number of piperazine rings is 1. The third kappa shape index (κ3) is 5.00. The van der Waals surface area contributed by atoms with Gasteiger partial charge < -0.3 is 15.4 Å². The monoisotopic (exact) mass is 305 g/mol. The van der Waals surface area contributed by atoms with Crippen molar-refractivity contribution < 1.29 is 9.53 Å². The Morgan fingerprint density at radius 2 is 1.86 bits per heavy atom. The molecule has 1 aromatic rings. The molecule has 0 unspecified atom stereocenters. The minimum absolute atomic E-state index is 0.0676. The predicted molar refractivity (Wildman–Crippen MR) is 88.0 cm³/mol. The number of benzene rings is 1. The smallest absolute Gasteiger partial charge is 0.260 e. The van der Waals surface area contributed by atoms with Gasteiger partial charge in [0, 0.05) is 26.2 Å². The molecule has 0 saturated carbocycles. The molecule has 1 fully saturated rings. The standard InChI is InChI=1S/C17H27N3O2/c1-2-15-4-6-16(7-5-15)22-14-17(21)20-12-10-19(11-13-20)9-3-8-18/h4-7H,2-3,8-14,18H2,1H3. The lowest BCUT2D eigenvalue weighted by Crippen LogP contribution is -2.50. The lowest BCUT2D eigenvalue weighted by molar-refractivity contribution is -0.135. The number of nitrogens with zero attached hydrogens (tertiary/aromatic N) is 2. The van der Waals surface area contributed by atoms with Crippen molar-refractivity contribution in [1.82, 2.24) is 9.80 Å². The highest BCUT2D eigenvalue weighted by molar-refractivity contribution is 5.77. The third-order valence-corrected chi connectivity index (χ3v) is 4.10. The van der Waals surface area contributed by atoms with Crippen LogP contribution in [0, 0.1) is 0 Å². The van der Waals surface area contributed by atoms with Crippen LogP contribution in [-0.2, 0) is 11.2 Å². The summed E-state index contributed by atoms with van der Waals surface area (Å²) in [6, 6.07) is 7.93. The minimum atomic E-state index is 0.0676. The number of hydrogen-bond donors (Lipinski definition) is 1. The number of rotatable bonds is 7. The van der Waals surface area contributed by atoms with Gasteiger partial charge in [-0.25, -0.2) is 0 Å². The van der Waals surface area contributed by atoms with Crippen molar-refractivity contribution in [2.24, 2.45) is 5.73 Å². The lowest BCUT2D eigenvalue weighted by Gasteiger charge is -2.34. The number of nitrogens with two attached hydrogens (primary N) is 1. The van der Waals surface area contributed by atoms with Gasteiger partial charge in [-0.1, -0.05) is 19.1 Å². The summed E-state index contributed by atoms with van der Waals surface area (Å²) in [7, 11) is 0. The normalized spacial score (nSPS) is 15.8. The Morgan fingerprint density at radius 1 is 1.18 bits per heavy atom. The van der Waals surface area contributed by atoms with Crippen LogP contribution in [0.5, 0.6) is 5.75 Å². The molecule has 1 saturated heterocycles. The van der Waals surface area contributed by atoms with E-state index in [2.05, 4.69) is 11.8 Å². The second-order valence-electron chi connectivity index (χ2n) is 5.65. The molecule has 0 bridgehead atoms. The van der Waals surface area contributed by atoms with Crippen LogP contribution in [0.15, 0.2) is 24.3 Å². The van der Waals surface area contributed by atoms with Crippen LogP contribution in [0.3, 0.4) is 0 Å². The molecule has 2 N–H and O–H groups in total. The summed E-state index contributed by atoms with van der Waals surface area (Å²) in [5.41, 5.74) is 6.80. The zero-order valence-corrected chi connectivity index (χ0v) is 13.5. The molecule has 1 amide bonds. The van der Waals surface area contributed by atoms with Gasteiger partial charge in [0.1, 0.15) is 5.75 Å². The number of carbonyl (C=O) groups excluding carboxylic acids is 1. The van der Waals surface area contributed by atoms with Gasteiger partial charge in [0.2, 0.25) is 0 Å². The van der Waals surface area contributed by atoms with E-state index >= 15 is 0 Å². The van der Waals surface area contributed by atoms with Crippen molar-refractivity contribution in [3.8, 4) is 5.75 Å². The van der Waals surface area contributed by atoms with Gasteiger partial charge in [-0.2, -0.15) is 0 Å². The summed E-state index contributed by atoms with van der Waals surface area (Å²) < 4.78 is 5.59. The van der Waals surface area contributed by atoms with E-state index in [1.54, 1.807) is 0 Å². The topological polar surface area (TPSA) is 58.8 Å². The number of hydrogen-bond acceptors (Lipinski definition) is 4. The molecule has 0 radical (unpaired) electrons. The zero-order chi connectivity index (χ0) is 15.8. The van der Waals surface area contributed by atoms with Gasteiger partial charge in [0.05, 0.1) is 0 Å². The van der Waals surface area contributed by atoms with Crippen LogP contribution in [0.4, 0.5) is 0 Å². The van der Waals surface area contributed by atoms with Crippen molar-refractivity contribution in [2.75, 3.05) is 45.9 Å². The molecule has 0 aromatic heterocycles. The summed E-state index contributed by atoms with van der Waals surface area (Å²) in [4.78, 5) is 16.4. The summed E-state index contributed by atoms with van der Waals surface area (Å²) in [5.74, 6) is 0.824. The highest BCUT2D eigenvalue weighted by Crippen LogP contribution is 2.13. The van der Waals surface area contributed by atoms with Gasteiger partial charge in [0.25, 0.3) is 5.91 Å². The fraction of sp³-hybridized carbons (Fsp3) is 0.588. The average molecular weight is 305 g/mol. The van der Waals surface area contributed by atoms with E-state index in [1.807, 2.05) is 29.2 Å². The van der Waals surface area contributed by atoms with E-state index < -0.39 is 0 Å². The Bertz CT molecular complexity index is 453. The van der Waals surface area contributed by atoms with Gasteiger partial charge in [-0.3, -0.25) is 9.69 Å².